The summed E-state index contributed by atoms with van der Waals surface area (Å²) < 4.78 is 2.60. The zero-order valence-electron chi connectivity index (χ0n) is 39.1. The number of hydrogen-bond donors (Lipinski definition) is 0. The first kappa shape index (κ1) is 48.0. The van der Waals surface area contributed by atoms with Crippen LogP contribution in [0.25, 0.3) is 60.2 Å². The topological polar surface area (TPSA) is 3.24 Å². The molecule has 0 spiro atoms. The lowest BCUT2D eigenvalue weighted by molar-refractivity contribution is 0.554. The lowest BCUT2D eigenvalue weighted by Gasteiger charge is -2.25. The third kappa shape index (κ3) is 10.1. The summed E-state index contributed by atoms with van der Waals surface area (Å²) in [4.78, 5) is 2.35. The highest BCUT2D eigenvalue weighted by Crippen LogP contribution is 2.46. The molecule has 316 valence electrons. The molecule has 1 heterocycles. The van der Waals surface area contributed by atoms with Gasteiger partial charge in [0.2, 0.25) is 0 Å². The van der Waals surface area contributed by atoms with Crippen LogP contribution >= 0.6 is 11.3 Å². The summed E-state index contributed by atoms with van der Waals surface area (Å²) in [5.74, 6) is 0. The van der Waals surface area contributed by atoms with Gasteiger partial charge in [-0.05, 0) is 126 Å². The third-order valence-electron chi connectivity index (χ3n) is 10.8. The van der Waals surface area contributed by atoms with Crippen molar-refractivity contribution < 1.29 is 0 Å². The van der Waals surface area contributed by atoms with Gasteiger partial charge in [0.15, 0.2) is 0 Å². The second-order valence-electron chi connectivity index (χ2n) is 13.9. The van der Waals surface area contributed by atoms with Gasteiger partial charge in [0.1, 0.15) is 0 Å². The fourth-order valence-corrected chi connectivity index (χ4v) is 9.44. The first-order valence-corrected chi connectivity index (χ1v) is 23.5. The van der Waals surface area contributed by atoms with Crippen LogP contribution in [0.5, 0.6) is 0 Å². The second-order valence-corrected chi connectivity index (χ2v) is 15.0. The fraction of sp³-hybridized carbons (Fsp3) is 0.254. The average molecular weight is 824 g/mol. The maximum atomic E-state index is 4.35. The molecule has 3 aliphatic carbocycles. The molecule has 0 fully saturated rings. The molecule has 2 heteroatoms. The number of thiophene rings is 1. The van der Waals surface area contributed by atoms with Gasteiger partial charge in [-0.3, -0.25) is 0 Å². The molecule has 0 atom stereocenters. The van der Waals surface area contributed by atoms with Crippen LogP contribution in [-0.4, -0.2) is 11.9 Å². The van der Waals surface area contributed by atoms with E-state index in [0.717, 1.165) is 25.0 Å². The Kier molecular flexibility index (Phi) is 18.8. The SMILES string of the molecule is C=Cc1c(C2=C(N(C)C(/C=C\C)=C/C/C=C(\C)C3=CC=C4Cc5c3cccc5-c3ccccc34)C=CCC=C2)cc2sc3ccccc3c2c1/C=C\C.CC.CC.CC.CC. The summed E-state index contributed by atoms with van der Waals surface area (Å²) in [6.45, 7) is 26.8. The van der Waals surface area contributed by atoms with Crippen molar-refractivity contribution in [3.63, 3.8) is 0 Å². The summed E-state index contributed by atoms with van der Waals surface area (Å²) in [7, 11) is 2.20. The standard InChI is InChI=1S/C51H45NS.4C2H6/c1-6-18-36(21-16-20-34(4)38-31-30-35-32-46-40(38)26-17-27-42(46)41-23-13-12-22-39(35)41)52(5)48-28-11-9-10-24-43(48)47-33-50-51(44(19-7-2)37(47)8-3)45-25-14-15-29-49(45)53-50;4*1-2/h6-8,10-15,17-31,33H,3,9,16,32H2,1-2,4-5H3;4*1-2H3/b18-6-,19-7-,34-20+,36-21+;;;;. The lowest BCUT2D eigenvalue weighted by atomic mass is 9.80. The number of fused-ring (bicyclic) bond motifs is 7. The number of nitrogens with zero attached hydrogens (tertiary/aromatic N) is 1. The van der Waals surface area contributed by atoms with Gasteiger partial charge in [-0.25, -0.2) is 0 Å². The minimum absolute atomic E-state index is 0.818. The smallest absolute Gasteiger partial charge is 0.0484 e. The Bertz CT molecular complexity index is 2580. The number of hydrogen-bond acceptors (Lipinski definition) is 2. The number of likely N-dealkylation sites (N-methyl/N-ethyl adjacent to an activating group) is 1. The van der Waals surface area contributed by atoms with Crippen LogP contribution in [0, 0.1) is 0 Å². The predicted molar refractivity (Wildman–Crippen MR) is 280 cm³/mol. The molecule has 0 unspecified atom stereocenters. The Morgan fingerprint density at radius 3 is 2.10 bits per heavy atom. The Morgan fingerprint density at radius 2 is 1.38 bits per heavy atom. The molecule has 8 rings (SSSR count). The van der Waals surface area contributed by atoms with E-state index in [1.54, 1.807) is 0 Å². The lowest BCUT2D eigenvalue weighted by Crippen LogP contribution is -2.16. The van der Waals surface area contributed by atoms with Crippen molar-refractivity contribution in [3.8, 4) is 11.1 Å². The van der Waals surface area contributed by atoms with E-state index in [9.17, 15) is 0 Å². The van der Waals surface area contributed by atoms with Crippen LogP contribution in [0.15, 0.2) is 163 Å². The van der Waals surface area contributed by atoms with Crippen LogP contribution in [-0.2, 0) is 6.42 Å². The molecule has 1 nitrogen and oxygen atoms in total. The molecule has 0 saturated heterocycles. The van der Waals surface area contributed by atoms with E-state index in [0.29, 0.717) is 0 Å². The highest BCUT2D eigenvalue weighted by Gasteiger charge is 2.25. The minimum Gasteiger partial charge on any atom is -0.344 e. The van der Waals surface area contributed by atoms with E-state index in [4.69, 9.17) is 0 Å². The van der Waals surface area contributed by atoms with Crippen LogP contribution < -0.4 is 0 Å². The summed E-state index contributed by atoms with van der Waals surface area (Å²) in [5.41, 5.74) is 18.0. The molecule has 0 N–H and O–H groups in total. The van der Waals surface area contributed by atoms with E-state index in [1.165, 1.54) is 92.7 Å². The Balaban J connectivity index is 0.000000969. The highest BCUT2D eigenvalue weighted by molar-refractivity contribution is 7.25. The number of allylic oxidation sites excluding steroid dienone is 15. The molecule has 4 aromatic carbocycles. The first-order chi connectivity index (χ1) is 30.0. The molecule has 61 heavy (non-hydrogen) atoms. The summed E-state index contributed by atoms with van der Waals surface area (Å²) in [6.07, 6.45) is 32.1. The maximum Gasteiger partial charge on any atom is 0.0484 e. The normalized spacial score (nSPS) is 14.0. The number of benzene rings is 4. The summed E-state index contributed by atoms with van der Waals surface area (Å²) in [5, 5.41) is 2.61. The predicted octanol–water partition coefficient (Wildman–Crippen LogP) is 18.5. The Hall–Kier alpha value is -5.70. The van der Waals surface area contributed by atoms with Gasteiger partial charge in [0, 0.05) is 44.2 Å². The van der Waals surface area contributed by atoms with Crippen molar-refractivity contribution in [2.75, 3.05) is 7.05 Å². The van der Waals surface area contributed by atoms with Gasteiger partial charge >= 0.3 is 0 Å². The van der Waals surface area contributed by atoms with Crippen molar-refractivity contribution in [2.45, 2.75) is 95.4 Å². The molecule has 3 aliphatic rings. The molecular formula is C59H69NS. The summed E-state index contributed by atoms with van der Waals surface area (Å²) in [6, 6.07) is 26.8. The minimum atomic E-state index is 0.818. The van der Waals surface area contributed by atoms with Crippen molar-refractivity contribution in [1.82, 2.24) is 4.90 Å². The van der Waals surface area contributed by atoms with Crippen molar-refractivity contribution in [1.29, 1.82) is 0 Å². The van der Waals surface area contributed by atoms with Crippen LogP contribution in [0.2, 0.25) is 0 Å². The van der Waals surface area contributed by atoms with Crippen molar-refractivity contribution in [3.05, 3.63) is 197 Å². The van der Waals surface area contributed by atoms with Crippen LogP contribution in [0.1, 0.15) is 122 Å². The highest BCUT2D eigenvalue weighted by atomic mass is 32.1. The van der Waals surface area contributed by atoms with E-state index >= 15 is 0 Å². The quantitative estimate of drug-likeness (QED) is 0.134. The monoisotopic (exact) mass is 824 g/mol. The summed E-state index contributed by atoms with van der Waals surface area (Å²) >= 11 is 1.87. The molecule has 5 aromatic rings. The van der Waals surface area contributed by atoms with Gasteiger partial charge in [0.25, 0.3) is 0 Å². The zero-order chi connectivity index (χ0) is 44.5. The first-order valence-electron chi connectivity index (χ1n) is 22.7. The van der Waals surface area contributed by atoms with E-state index in [-0.39, 0.29) is 0 Å². The molecule has 2 bridgehead atoms. The van der Waals surface area contributed by atoms with Gasteiger partial charge in [-0.2, -0.15) is 0 Å². The molecule has 0 aliphatic heterocycles. The fourth-order valence-electron chi connectivity index (χ4n) is 8.28. The van der Waals surface area contributed by atoms with Gasteiger partial charge in [-0.1, -0.05) is 189 Å². The molecular weight excluding hydrogens is 755 g/mol. The van der Waals surface area contributed by atoms with Gasteiger partial charge < -0.3 is 4.90 Å². The van der Waals surface area contributed by atoms with Crippen LogP contribution in [0.4, 0.5) is 0 Å². The molecule has 1 aromatic heterocycles. The average Bonchev–Trinajstić information content (AvgIpc) is 3.42. The van der Waals surface area contributed by atoms with E-state index in [2.05, 4.69) is 185 Å². The maximum absolute atomic E-state index is 4.35. The second kappa shape index (κ2) is 23.9. The third-order valence-corrected chi connectivity index (χ3v) is 11.9. The van der Waals surface area contributed by atoms with Crippen molar-refractivity contribution >= 4 is 60.4 Å². The number of rotatable bonds is 9. The van der Waals surface area contributed by atoms with E-state index in [1.807, 2.05) is 72.8 Å². The Morgan fingerprint density at radius 1 is 0.705 bits per heavy atom. The van der Waals surface area contributed by atoms with Crippen molar-refractivity contribution in [2.24, 2.45) is 0 Å². The largest absolute Gasteiger partial charge is 0.344 e. The zero-order valence-corrected chi connectivity index (χ0v) is 39.9. The van der Waals surface area contributed by atoms with Gasteiger partial charge in [0.05, 0.1) is 0 Å². The van der Waals surface area contributed by atoms with E-state index < -0.39 is 0 Å². The molecule has 0 amide bonds. The molecule has 0 saturated carbocycles. The molecule has 0 radical (unpaired) electrons. The van der Waals surface area contributed by atoms with Gasteiger partial charge in [-0.15, -0.1) is 11.3 Å². The Labute approximate surface area is 373 Å². The van der Waals surface area contributed by atoms with Crippen LogP contribution in [0.3, 0.4) is 0 Å².